The zero-order valence-corrected chi connectivity index (χ0v) is 11.5. The van der Waals surface area contributed by atoms with Gasteiger partial charge in [0.05, 0.1) is 6.61 Å². The summed E-state index contributed by atoms with van der Waals surface area (Å²) in [5, 5.41) is 3.25. The summed E-state index contributed by atoms with van der Waals surface area (Å²) in [6, 6.07) is 5.20. The molecule has 0 aliphatic carbocycles. The van der Waals surface area contributed by atoms with Crippen molar-refractivity contribution in [1.29, 1.82) is 0 Å². The molecule has 0 saturated heterocycles. The van der Waals surface area contributed by atoms with Gasteiger partial charge in [-0.2, -0.15) is 0 Å². The Kier molecular flexibility index (Phi) is 6.68. The molecule has 0 aromatic heterocycles. The minimum absolute atomic E-state index is 0.152. The summed E-state index contributed by atoms with van der Waals surface area (Å²) < 4.78 is 18.9. The molecule has 4 heteroatoms. The number of benzene rings is 1. The van der Waals surface area contributed by atoms with Gasteiger partial charge >= 0.3 is 0 Å². The van der Waals surface area contributed by atoms with Crippen LogP contribution in [0.2, 0.25) is 0 Å². The topological polar surface area (TPSA) is 24.5 Å². The van der Waals surface area contributed by atoms with Crippen LogP contribution in [0.25, 0.3) is 0 Å². The molecule has 0 aliphatic rings. The number of hydrogen-bond acceptors (Lipinski definition) is 3. The monoisotopic (exact) mass is 254 g/mol. The lowest BCUT2D eigenvalue weighted by Crippen LogP contribution is -2.25. The summed E-state index contributed by atoms with van der Waals surface area (Å²) in [6.45, 7) is 4.94. The Labute approximate surface area is 109 Å². The molecule has 0 aliphatic heterocycles. The molecule has 0 heterocycles. The van der Waals surface area contributed by atoms with Gasteiger partial charge < -0.3 is 15.0 Å². The zero-order valence-electron chi connectivity index (χ0n) is 11.5. The van der Waals surface area contributed by atoms with Crippen LogP contribution in [-0.2, 0) is 11.3 Å². The van der Waals surface area contributed by atoms with E-state index in [-0.39, 0.29) is 5.82 Å². The summed E-state index contributed by atoms with van der Waals surface area (Å²) in [5.41, 5.74) is 1.65. The van der Waals surface area contributed by atoms with E-state index in [1.165, 1.54) is 6.07 Å². The van der Waals surface area contributed by atoms with Crippen LogP contribution in [-0.4, -0.2) is 33.9 Å². The molecule has 1 aromatic rings. The highest BCUT2D eigenvalue weighted by molar-refractivity contribution is 5.53. The number of nitrogens with zero attached hydrogens (tertiary/aromatic N) is 1. The predicted molar refractivity (Wildman–Crippen MR) is 73.5 cm³/mol. The molecule has 0 saturated carbocycles. The van der Waals surface area contributed by atoms with Crippen molar-refractivity contribution in [3.05, 3.63) is 29.6 Å². The first kappa shape index (κ1) is 14.9. The van der Waals surface area contributed by atoms with E-state index in [1.54, 1.807) is 13.2 Å². The molecular formula is C14H23FN2O. The fourth-order valence-electron chi connectivity index (χ4n) is 1.82. The average Bonchev–Trinajstić information content (AvgIpc) is 2.38. The van der Waals surface area contributed by atoms with E-state index in [2.05, 4.69) is 12.2 Å². The third-order valence-corrected chi connectivity index (χ3v) is 2.86. The van der Waals surface area contributed by atoms with Crippen LogP contribution >= 0.6 is 0 Å². The molecule has 0 spiro atoms. The number of nitrogens with one attached hydrogen (secondary N) is 1. The molecule has 1 aromatic carbocycles. The van der Waals surface area contributed by atoms with Crippen molar-refractivity contribution in [2.24, 2.45) is 0 Å². The van der Waals surface area contributed by atoms with Crippen molar-refractivity contribution in [2.45, 2.75) is 19.9 Å². The van der Waals surface area contributed by atoms with E-state index in [1.807, 2.05) is 18.0 Å². The third kappa shape index (κ3) is 4.27. The maximum atomic E-state index is 13.9. The van der Waals surface area contributed by atoms with Crippen LogP contribution in [0.5, 0.6) is 0 Å². The van der Waals surface area contributed by atoms with Crippen molar-refractivity contribution >= 4 is 5.69 Å². The Hall–Kier alpha value is -1.13. The predicted octanol–water partition coefficient (Wildman–Crippen LogP) is 2.41. The normalized spacial score (nSPS) is 10.7. The Morgan fingerprint density at radius 3 is 2.83 bits per heavy atom. The van der Waals surface area contributed by atoms with Crippen molar-refractivity contribution in [2.75, 3.05) is 38.8 Å². The second kappa shape index (κ2) is 8.06. The van der Waals surface area contributed by atoms with E-state index in [4.69, 9.17) is 4.74 Å². The molecule has 18 heavy (non-hydrogen) atoms. The number of halogens is 1. The van der Waals surface area contributed by atoms with Crippen LogP contribution in [0, 0.1) is 5.82 Å². The summed E-state index contributed by atoms with van der Waals surface area (Å²) in [6.07, 6.45) is 1.04. The van der Waals surface area contributed by atoms with Crippen LogP contribution in [0.15, 0.2) is 18.2 Å². The van der Waals surface area contributed by atoms with E-state index < -0.39 is 0 Å². The Morgan fingerprint density at radius 2 is 2.17 bits per heavy atom. The summed E-state index contributed by atoms with van der Waals surface area (Å²) in [5.74, 6) is -0.152. The molecule has 0 radical (unpaired) electrons. The number of anilines is 1. The minimum atomic E-state index is -0.152. The fraction of sp³-hybridized carbons (Fsp3) is 0.571. The lowest BCUT2D eigenvalue weighted by Gasteiger charge is -2.22. The molecule has 1 N–H and O–H groups in total. The fourth-order valence-corrected chi connectivity index (χ4v) is 1.82. The van der Waals surface area contributed by atoms with Gasteiger partial charge in [0.1, 0.15) is 5.82 Å². The molecule has 0 amide bonds. The number of methoxy groups -OCH3 is 1. The third-order valence-electron chi connectivity index (χ3n) is 2.86. The minimum Gasteiger partial charge on any atom is -0.383 e. The Bertz CT molecular complexity index is 358. The Balaban J connectivity index is 2.78. The van der Waals surface area contributed by atoms with Gasteiger partial charge in [0.2, 0.25) is 0 Å². The first-order chi connectivity index (χ1) is 8.70. The SMILES string of the molecule is CCCNCc1c(F)cccc1N(C)CCOC. The van der Waals surface area contributed by atoms with E-state index in [9.17, 15) is 4.39 Å². The van der Waals surface area contributed by atoms with Crippen molar-refractivity contribution < 1.29 is 9.13 Å². The molecule has 0 atom stereocenters. The molecule has 0 fully saturated rings. The highest BCUT2D eigenvalue weighted by Crippen LogP contribution is 2.22. The van der Waals surface area contributed by atoms with Gasteiger partial charge in [-0.05, 0) is 25.1 Å². The van der Waals surface area contributed by atoms with Gasteiger partial charge in [-0.1, -0.05) is 13.0 Å². The first-order valence-electron chi connectivity index (χ1n) is 6.38. The second-order valence-corrected chi connectivity index (χ2v) is 4.33. The van der Waals surface area contributed by atoms with Crippen molar-refractivity contribution in [3.63, 3.8) is 0 Å². The summed E-state index contributed by atoms with van der Waals surface area (Å²) >= 11 is 0. The first-order valence-corrected chi connectivity index (χ1v) is 6.38. The average molecular weight is 254 g/mol. The maximum Gasteiger partial charge on any atom is 0.129 e. The largest absolute Gasteiger partial charge is 0.383 e. The number of ether oxygens (including phenoxy) is 1. The maximum absolute atomic E-state index is 13.9. The van der Waals surface area contributed by atoms with Gasteiger partial charge in [-0.3, -0.25) is 0 Å². The smallest absolute Gasteiger partial charge is 0.129 e. The van der Waals surface area contributed by atoms with Crippen molar-refractivity contribution in [1.82, 2.24) is 5.32 Å². The van der Waals surface area contributed by atoms with E-state index in [0.29, 0.717) is 13.2 Å². The lowest BCUT2D eigenvalue weighted by molar-refractivity contribution is 0.206. The quantitative estimate of drug-likeness (QED) is 0.721. The zero-order chi connectivity index (χ0) is 13.4. The van der Waals surface area contributed by atoms with Gasteiger partial charge in [0, 0.05) is 38.5 Å². The van der Waals surface area contributed by atoms with Gasteiger partial charge in [0.15, 0.2) is 0 Å². The Morgan fingerprint density at radius 1 is 1.39 bits per heavy atom. The highest BCUT2D eigenvalue weighted by Gasteiger charge is 2.11. The number of hydrogen-bond donors (Lipinski definition) is 1. The molecular weight excluding hydrogens is 231 g/mol. The number of likely N-dealkylation sites (N-methyl/N-ethyl adjacent to an activating group) is 1. The molecule has 3 nitrogen and oxygen atoms in total. The van der Waals surface area contributed by atoms with Crippen molar-refractivity contribution in [3.8, 4) is 0 Å². The second-order valence-electron chi connectivity index (χ2n) is 4.33. The van der Waals surface area contributed by atoms with E-state index >= 15 is 0 Å². The van der Waals surface area contributed by atoms with Crippen LogP contribution in [0.3, 0.4) is 0 Å². The summed E-state index contributed by atoms with van der Waals surface area (Å²) in [4.78, 5) is 2.02. The summed E-state index contributed by atoms with van der Waals surface area (Å²) in [7, 11) is 3.63. The standard InChI is InChI=1S/C14H23FN2O/c1-4-8-16-11-12-13(15)6-5-7-14(12)17(2)9-10-18-3/h5-7,16H,4,8-11H2,1-3H3. The molecule has 0 bridgehead atoms. The van der Waals surface area contributed by atoms with Gasteiger partial charge in [-0.15, -0.1) is 0 Å². The van der Waals surface area contributed by atoms with Crippen LogP contribution in [0.4, 0.5) is 10.1 Å². The molecule has 0 unspecified atom stereocenters. The van der Waals surface area contributed by atoms with E-state index in [0.717, 1.165) is 30.8 Å². The lowest BCUT2D eigenvalue weighted by atomic mass is 10.1. The number of rotatable bonds is 8. The van der Waals surface area contributed by atoms with Crippen LogP contribution in [0.1, 0.15) is 18.9 Å². The van der Waals surface area contributed by atoms with Crippen LogP contribution < -0.4 is 10.2 Å². The molecule has 1 rings (SSSR count). The highest BCUT2D eigenvalue weighted by atomic mass is 19.1. The molecule has 102 valence electrons. The van der Waals surface area contributed by atoms with Gasteiger partial charge in [-0.25, -0.2) is 4.39 Å². The van der Waals surface area contributed by atoms with Gasteiger partial charge in [0.25, 0.3) is 0 Å².